The number of likely N-dealkylation sites (tertiary alicyclic amines) is 1. The third-order valence-electron chi connectivity index (χ3n) is 6.98. The summed E-state index contributed by atoms with van der Waals surface area (Å²) in [6, 6.07) is 17.9. The van der Waals surface area contributed by atoms with E-state index in [9.17, 15) is 9.59 Å². The first-order valence-electron chi connectivity index (χ1n) is 11.9. The van der Waals surface area contributed by atoms with Crippen LogP contribution in [0.4, 0.5) is 0 Å². The molecule has 3 heterocycles. The van der Waals surface area contributed by atoms with Crippen molar-refractivity contribution >= 4 is 28.3 Å². The Morgan fingerprint density at radius 1 is 0.879 bits per heavy atom. The number of para-hydroxylation sites is 1. The van der Waals surface area contributed by atoms with Crippen molar-refractivity contribution < 1.29 is 9.59 Å². The molecule has 2 aromatic carbocycles. The van der Waals surface area contributed by atoms with E-state index in [1.807, 2.05) is 49.5 Å². The molecule has 170 valence electrons. The summed E-state index contributed by atoms with van der Waals surface area (Å²) in [5, 5.41) is 1.18. The number of hydrogen-bond acceptors (Lipinski definition) is 3. The van der Waals surface area contributed by atoms with E-state index in [4.69, 9.17) is 0 Å². The summed E-state index contributed by atoms with van der Waals surface area (Å²) in [6.07, 6.45) is 3.90. The molecule has 33 heavy (non-hydrogen) atoms. The summed E-state index contributed by atoms with van der Waals surface area (Å²) in [7, 11) is 2.03. The van der Waals surface area contributed by atoms with Gasteiger partial charge in [-0.15, -0.1) is 0 Å². The van der Waals surface area contributed by atoms with Gasteiger partial charge in [0.25, 0.3) is 11.8 Å². The monoisotopic (exact) mass is 441 g/mol. The number of hydrogen-bond donors (Lipinski definition) is 0. The van der Waals surface area contributed by atoms with E-state index in [0.29, 0.717) is 36.1 Å². The highest BCUT2D eigenvalue weighted by Gasteiger charge is 2.42. The number of rotatable bonds is 5. The van der Waals surface area contributed by atoms with E-state index in [0.717, 1.165) is 36.2 Å². The number of amides is 2. The number of carbonyl (C=O) groups is 2. The topological polar surface area (TPSA) is 45.6 Å². The highest BCUT2D eigenvalue weighted by molar-refractivity contribution is 6.35. The summed E-state index contributed by atoms with van der Waals surface area (Å²) < 4.78 is 2.11. The maximum absolute atomic E-state index is 13.7. The number of piperidine rings is 1. The summed E-state index contributed by atoms with van der Waals surface area (Å²) >= 11 is 0. The minimum atomic E-state index is -0.174. The quantitative estimate of drug-likeness (QED) is 0.549. The predicted octanol–water partition coefficient (Wildman–Crippen LogP) is 4.48. The zero-order valence-electron chi connectivity index (χ0n) is 19.6. The zero-order chi connectivity index (χ0) is 23.1. The van der Waals surface area contributed by atoms with Gasteiger partial charge in [0.1, 0.15) is 5.70 Å². The van der Waals surface area contributed by atoms with Crippen LogP contribution in [0.5, 0.6) is 0 Å². The molecule has 0 spiro atoms. The second-order valence-corrected chi connectivity index (χ2v) is 9.73. The lowest BCUT2D eigenvalue weighted by molar-refractivity contribution is -0.137. The van der Waals surface area contributed by atoms with E-state index in [-0.39, 0.29) is 11.8 Å². The molecule has 1 aromatic heterocycles. The molecule has 1 saturated heterocycles. The molecule has 2 aliphatic rings. The SMILES string of the molecule is CC1CC(C)CN(C2=C(c3ccccc3)C(=O)N(CCc3cn(C)c4ccccc34)C2=O)C1. The van der Waals surface area contributed by atoms with Gasteiger partial charge in [-0.25, -0.2) is 0 Å². The van der Waals surface area contributed by atoms with Gasteiger partial charge in [0, 0.05) is 43.8 Å². The van der Waals surface area contributed by atoms with Gasteiger partial charge in [-0.1, -0.05) is 62.4 Å². The smallest absolute Gasteiger partial charge is 0.277 e. The number of aryl methyl sites for hydroxylation is 1. The first kappa shape index (κ1) is 21.5. The predicted molar refractivity (Wildman–Crippen MR) is 131 cm³/mol. The number of fused-ring (bicyclic) bond motifs is 1. The Hall–Kier alpha value is -3.34. The van der Waals surface area contributed by atoms with Crippen LogP contribution in [-0.4, -0.2) is 45.8 Å². The third kappa shape index (κ3) is 3.86. The molecule has 2 unspecified atom stereocenters. The standard InChI is InChI=1S/C28H31N3O2/c1-19-15-20(2)17-30(16-19)26-25(21-9-5-4-6-10-21)27(32)31(28(26)33)14-13-22-18-29(3)24-12-8-7-11-23(22)24/h4-12,18-20H,13-17H2,1-3H3. The van der Waals surface area contributed by atoms with Gasteiger partial charge in [0.2, 0.25) is 0 Å². The first-order valence-corrected chi connectivity index (χ1v) is 11.9. The Balaban J connectivity index is 1.47. The maximum atomic E-state index is 13.7. The molecule has 5 rings (SSSR count). The molecule has 0 saturated carbocycles. The van der Waals surface area contributed by atoms with Crippen molar-refractivity contribution in [1.82, 2.24) is 14.4 Å². The fourth-order valence-corrected chi connectivity index (χ4v) is 5.63. The van der Waals surface area contributed by atoms with Crippen molar-refractivity contribution in [3.05, 3.63) is 77.6 Å². The Morgan fingerprint density at radius 2 is 1.55 bits per heavy atom. The van der Waals surface area contributed by atoms with Crippen molar-refractivity contribution in [2.45, 2.75) is 26.7 Å². The van der Waals surface area contributed by atoms with Gasteiger partial charge >= 0.3 is 0 Å². The average Bonchev–Trinajstić information content (AvgIpc) is 3.25. The van der Waals surface area contributed by atoms with E-state index >= 15 is 0 Å². The van der Waals surface area contributed by atoms with Crippen molar-refractivity contribution in [2.75, 3.05) is 19.6 Å². The van der Waals surface area contributed by atoms with Crippen LogP contribution in [0, 0.1) is 11.8 Å². The van der Waals surface area contributed by atoms with Crippen LogP contribution in [-0.2, 0) is 23.1 Å². The van der Waals surface area contributed by atoms with Crippen molar-refractivity contribution in [1.29, 1.82) is 0 Å². The second kappa shape index (κ2) is 8.54. The minimum absolute atomic E-state index is 0.152. The molecule has 0 bridgehead atoms. The minimum Gasteiger partial charge on any atom is -0.366 e. The Morgan fingerprint density at radius 3 is 2.27 bits per heavy atom. The van der Waals surface area contributed by atoms with Crippen molar-refractivity contribution in [3.63, 3.8) is 0 Å². The maximum Gasteiger partial charge on any atom is 0.277 e. The van der Waals surface area contributed by atoms with Gasteiger partial charge in [-0.2, -0.15) is 0 Å². The number of imide groups is 1. The lowest BCUT2D eigenvalue weighted by Gasteiger charge is -2.37. The van der Waals surface area contributed by atoms with Crippen LogP contribution >= 0.6 is 0 Å². The molecule has 0 aliphatic carbocycles. The number of carbonyl (C=O) groups excluding carboxylic acids is 2. The summed E-state index contributed by atoms with van der Waals surface area (Å²) in [5.74, 6) is 0.657. The summed E-state index contributed by atoms with van der Waals surface area (Å²) in [4.78, 5) is 31.0. The van der Waals surface area contributed by atoms with Gasteiger partial charge in [0.15, 0.2) is 0 Å². The first-order chi connectivity index (χ1) is 15.9. The second-order valence-electron chi connectivity index (χ2n) is 9.73. The van der Waals surface area contributed by atoms with Gasteiger partial charge in [0.05, 0.1) is 5.57 Å². The third-order valence-corrected chi connectivity index (χ3v) is 6.98. The molecule has 2 atom stereocenters. The number of benzene rings is 2. The molecule has 0 N–H and O–H groups in total. The van der Waals surface area contributed by atoms with Crippen LogP contribution in [0.3, 0.4) is 0 Å². The van der Waals surface area contributed by atoms with Crippen LogP contribution < -0.4 is 0 Å². The molecular formula is C28H31N3O2. The summed E-state index contributed by atoms with van der Waals surface area (Å²) in [5.41, 5.74) is 4.28. The van der Waals surface area contributed by atoms with Gasteiger partial charge in [-0.3, -0.25) is 14.5 Å². The van der Waals surface area contributed by atoms with E-state index < -0.39 is 0 Å². The average molecular weight is 442 g/mol. The van der Waals surface area contributed by atoms with Crippen molar-refractivity contribution in [2.24, 2.45) is 18.9 Å². The molecule has 2 amide bonds. The van der Waals surface area contributed by atoms with Crippen LogP contribution in [0.25, 0.3) is 16.5 Å². The zero-order valence-corrected chi connectivity index (χ0v) is 19.6. The molecule has 5 heteroatoms. The highest BCUT2D eigenvalue weighted by atomic mass is 16.2. The highest BCUT2D eigenvalue weighted by Crippen LogP contribution is 2.35. The molecule has 0 radical (unpaired) electrons. The van der Waals surface area contributed by atoms with Crippen LogP contribution in [0.1, 0.15) is 31.4 Å². The summed E-state index contributed by atoms with van der Waals surface area (Å²) in [6.45, 7) is 6.46. The van der Waals surface area contributed by atoms with Crippen molar-refractivity contribution in [3.8, 4) is 0 Å². The van der Waals surface area contributed by atoms with E-state index in [1.54, 1.807) is 0 Å². The lowest BCUT2D eigenvalue weighted by Crippen LogP contribution is -2.42. The van der Waals surface area contributed by atoms with Crippen LogP contribution in [0.15, 0.2) is 66.5 Å². The molecule has 5 nitrogen and oxygen atoms in total. The lowest BCUT2D eigenvalue weighted by atomic mass is 9.91. The Bertz CT molecular complexity index is 1230. The molecular weight excluding hydrogens is 410 g/mol. The largest absolute Gasteiger partial charge is 0.366 e. The normalized spacial score (nSPS) is 21.5. The van der Waals surface area contributed by atoms with Gasteiger partial charge < -0.3 is 9.47 Å². The van der Waals surface area contributed by atoms with Gasteiger partial charge in [-0.05, 0) is 41.9 Å². The van der Waals surface area contributed by atoms with E-state index in [1.165, 1.54) is 10.3 Å². The Kier molecular flexibility index (Phi) is 5.57. The molecule has 1 fully saturated rings. The Labute approximate surface area is 195 Å². The fraction of sp³-hybridized carbons (Fsp3) is 0.357. The van der Waals surface area contributed by atoms with Crippen LogP contribution in [0.2, 0.25) is 0 Å². The fourth-order valence-electron chi connectivity index (χ4n) is 5.63. The number of nitrogens with zero attached hydrogens (tertiary/aromatic N) is 3. The molecule has 2 aliphatic heterocycles. The molecule has 3 aromatic rings. The van der Waals surface area contributed by atoms with E-state index in [2.05, 4.69) is 41.6 Å². The number of aromatic nitrogens is 1.